The molecule has 0 aliphatic heterocycles. The number of hydrogen-bond donors (Lipinski definition) is 1. The quantitative estimate of drug-likeness (QED) is 0.945. The molecule has 0 radical (unpaired) electrons. The molecule has 106 valence electrons. The van der Waals surface area contributed by atoms with Crippen molar-refractivity contribution in [3.63, 3.8) is 0 Å². The van der Waals surface area contributed by atoms with Crippen molar-refractivity contribution in [3.05, 3.63) is 40.2 Å². The minimum atomic E-state index is -0.240. The van der Waals surface area contributed by atoms with Gasteiger partial charge in [0.2, 0.25) is 5.95 Å². The highest BCUT2D eigenvalue weighted by molar-refractivity contribution is 6.32. The highest BCUT2D eigenvalue weighted by Gasteiger charge is 2.15. The second-order valence-electron chi connectivity index (χ2n) is 4.94. The summed E-state index contributed by atoms with van der Waals surface area (Å²) in [4.78, 5) is 16.6. The lowest BCUT2D eigenvalue weighted by atomic mass is 10.1. The van der Waals surface area contributed by atoms with Gasteiger partial charge in [-0.15, -0.1) is 0 Å². The SMILES string of the molecule is Cc1c(Cl)cccc1C(=O)Nc1nc(C(C)C)nn1C. The molecule has 0 saturated heterocycles. The summed E-state index contributed by atoms with van der Waals surface area (Å²) in [5, 5.41) is 7.59. The van der Waals surface area contributed by atoms with Crippen LogP contribution in [-0.4, -0.2) is 20.7 Å². The average molecular weight is 293 g/mol. The van der Waals surface area contributed by atoms with Crippen molar-refractivity contribution in [2.75, 3.05) is 5.32 Å². The van der Waals surface area contributed by atoms with Crippen molar-refractivity contribution < 1.29 is 4.79 Å². The fraction of sp³-hybridized carbons (Fsp3) is 0.357. The number of benzene rings is 1. The molecule has 0 aliphatic rings. The van der Waals surface area contributed by atoms with Crippen molar-refractivity contribution in [1.29, 1.82) is 0 Å². The van der Waals surface area contributed by atoms with E-state index in [2.05, 4.69) is 15.4 Å². The third-order valence-electron chi connectivity index (χ3n) is 3.03. The van der Waals surface area contributed by atoms with Crippen molar-refractivity contribution in [2.24, 2.45) is 7.05 Å². The van der Waals surface area contributed by atoms with E-state index >= 15 is 0 Å². The Labute approximate surface area is 123 Å². The lowest BCUT2D eigenvalue weighted by molar-refractivity contribution is 0.102. The van der Waals surface area contributed by atoms with Crippen LogP contribution in [-0.2, 0) is 7.05 Å². The average Bonchev–Trinajstić information content (AvgIpc) is 2.74. The van der Waals surface area contributed by atoms with Gasteiger partial charge in [-0.3, -0.25) is 10.1 Å². The van der Waals surface area contributed by atoms with E-state index in [1.54, 1.807) is 29.9 Å². The first-order valence-corrected chi connectivity index (χ1v) is 6.75. The monoisotopic (exact) mass is 292 g/mol. The molecule has 1 aromatic heterocycles. The first kappa shape index (κ1) is 14.5. The highest BCUT2D eigenvalue weighted by atomic mass is 35.5. The van der Waals surface area contributed by atoms with Gasteiger partial charge in [-0.2, -0.15) is 10.1 Å². The van der Waals surface area contributed by atoms with E-state index in [1.165, 1.54) is 0 Å². The summed E-state index contributed by atoms with van der Waals surface area (Å²) in [5.74, 6) is 1.10. The smallest absolute Gasteiger partial charge is 0.258 e. The molecule has 0 aliphatic carbocycles. The Kier molecular flexibility index (Phi) is 4.09. The van der Waals surface area contributed by atoms with Crippen LogP contribution in [0.2, 0.25) is 5.02 Å². The van der Waals surface area contributed by atoms with Crippen molar-refractivity contribution in [2.45, 2.75) is 26.7 Å². The maximum atomic E-state index is 12.3. The third-order valence-corrected chi connectivity index (χ3v) is 3.44. The summed E-state index contributed by atoms with van der Waals surface area (Å²) in [5.41, 5.74) is 1.28. The number of halogens is 1. The number of carbonyl (C=O) groups excluding carboxylic acids is 1. The molecule has 2 aromatic rings. The van der Waals surface area contributed by atoms with Crippen molar-refractivity contribution in [3.8, 4) is 0 Å². The Hall–Kier alpha value is -1.88. The zero-order chi connectivity index (χ0) is 14.9. The first-order valence-electron chi connectivity index (χ1n) is 6.37. The van der Waals surface area contributed by atoms with E-state index < -0.39 is 0 Å². The highest BCUT2D eigenvalue weighted by Crippen LogP contribution is 2.20. The number of anilines is 1. The molecule has 1 heterocycles. The Morgan fingerprint density at radius 2 is 2.10 bits per heavy atom. The van der Waals surface area contributed by atoms with Gasteiger partial charge in [0.1, 0.15) is 0 Å². The van der Waals surface area contributed by atoms with Crippen molar-refractivity contribution in [1.82, 2.24) is 14.8 Å². The van der Waals surface area contributed by atoms with E-state index in [1.807, 2.05) is 20.8 Å². The summed E-state index contributed by atoms with van der Waals surface area (Å²) in [6, 6.07) is 5.24. The van der Waals surface area contributed by atoms with Crippen LogP contribution >= 0.6 is 11.6 Å². The van der Waals surface area contributed by atoms with Crippen LogP contribution in [0.5, 0.6) is 0 Å². The Bertz CT molecular complexity index is 649. The second-order valence-corrected chi connectivity index (χ2v) is 5.35. The number of nitrogens with zero attached hydrogens (tertiary/aromatic N) is 3. The van der Waals surface area contributed by atoms with Gasteiger partial charge in [-0.25, -0.2) is 4.68 Å². The molecule has 1 aromatic carbocycles. The predicted octanol–water partition coefficient (Wildman–Crippen LogP) is 3.15. The molecule has 1 amide bonds. The number of aryl methyl sites for hydroxylation is 1. The minimum absolute atomic E-state index is 0.208. The number of aromatic nitrogens is 3. The van der Waals surface area contributed by atoms with Crippen molar-refractivity contribution >= 4 is 23.5 Å². The normalized spacial score (nSPS) is 10.9. The standard InChI is InChI=1S/C14H17ClN4O/c1-8(2)12-16-14(19(4)18-12)17-13(20)10-6-5-7-11(15)9(10)3/h5-8H,1-4H3,(H,16,17,18,20). The van der Waals surface area contributed by atoms with Crippen LogP contribution in [0, 0.1) is 6.92 Å². The van der Waals surface area contributed by atoms with Gasteiger partial charge in [-0.1, -0.05) is 31.5 Å². The first-order chi connectivity index (χ1) is 9.40. The maximum Gasteiger partial charge on any atom is 0.258 e. The molecule has 5 nitrogen and oxygen atoms in total. The Morgan fingerprint density at radius 3 is 2.70 bits per heavy atom. The Morgan fingerprint density at radius 1 is 1.40 bits per heavy atom. The summed E-state index contributed by atoms with van der Waals surface area (Å²) < 4.78 is 1.56. The minimum Gasteiger partial charge on any atom is -0.291 e. The largest absolute Gasteiger partial charge is 0.291 e. The van der Waals surface area contributed by atoms with Crippen LogP contribution in [0.1, 0.15) is 41.5 Å². The zero-order valence-electron chi connectivity index (χ0n) is 11.9. The summed E-state index contributed by atoms with van der Waals surface area (Å²) in [7, 11) is 1.75. The Balaban J connectivity index is 2.26. The molecule has 1 N–H and O–H groups in total. The molecule has 0 unspecified atom stereocenters. The van der Waals surface area contributed by atoms with Crippen LogP contribution in [0.3, 0.4) is 0 Å². The lowest BCUT2D eigenvalue weighted by Crippen LogP contribution is -2.16. The number of amides is 1. The fourth-order valence-corrected chi connectivity index (χ4v) is 1.95. The van der Waals surface area contributed by atoms with E-state index in [0.717, 1.165) is 5.56 Å². The molecular weight excluding hydrogens is 276 g/mol. The number of rotatable bonds is 3. The molecule has 0 fully saturated rings. The van der Waals surface area contributed by atoms with Crippen LogP contribution in [0.4, 0.5) is 5.95 Å². The molecular formula is C14H17ClN4O. The van der Waals surface area contributed by atoms with Crippen LogP contribution < -0.4 is 5.32 Å². The molecule has 2 rings (SSSR count). The molecule has 0 spiro atoms. The molecule has 6 heteroatoms. The number of carbonyl (C=O) groups is 1. The van der Waals surface area contributed by atoms with Gasteiger partial charge in [-0.05, 0) is 24.6 Å². The fourth-order valence-electron chi connectivity index (χ4n) is 1.78. The maximum absolute atomic E-state index is 12.3. The molecule has 20 heavy (non-hydrogen) atoms. The van der Waals surface area contributed by atoms with E-state index in [-0.39, 0.29) is 11.8 Å². The predicted molar refractivity (Wildman–Crippen MR) is 79.2 cm³/mol. The number of nitrogens with one attached hydrogen (secondary N) is 1. The topological polar surface area (TPSA) is 59.8 Å². The van der Waals surface area contributed by atoms with Gasteiger partial charge in [0.25, 0.3) is 5.91 Å². The zero-order valence-corrected chi connectivity index (χ0v) is 12.7. The molecule has 0 bridgehead atoms. The van der Waals surface area contributed by atoms with E-state index in [9.17, 15) is 4.79 Å². The molecule has 0 saturated carbocycles. The summed E-state index contributed by atoms with van der Waals surface area (Å²) in [6.45, 7) is 5.82. The van der Waals surface area contributed by atoms with E-state index in [4.69, 9.17) is 11.6 Å². The summed E-state index contributed by atoms with van der Waals surface area (Å²) in [6.07, 6.45) is 0. The van der Waals surface area contributed by atoms with Crippen LogP contribution in [0.15, 0.2) is 18.2 Å². The lowest BCUT2D eigenvalue weighted by Gasteiger charge is -2.07. The van der Waals surface area contributed by atoms with Crippen LogP contribution in [0.25, 0.3) is 0 Å². The number of hydrogen-bond acceptors (Lipinski definition) is 3. The molecule has 0 atom stereocenters. The van der Waals surface area contributed by atoms with Gasteiger partial charge >= 0.3 is 0 Å². The second kappa shape index (κ2) is 5.63. The van der Waals surface area contributed by atoms with Gasteiger partial charge in [0.05, 0.1) is 0 Å². The summed E-state index contributed by atoms with van der Waals surface area (Å²) >= 11 is 6.02. The van der Waals surface area contributed by atoms with Gasteiger partial charge in [0.15, 0.2) is 5.82 Å². The van der Waals surface area contributed by atoms with E-state index in [0.29, 0.717) is 22.4 Å². The third kappa shape index (κ3) is 2.82. The van der Waals surface area contributed by atoms with Gasteiger partial charge < -0.3 is 0 Å². The van der Waals surface area contributed by atoms with Gasteiger partial charge in [0, 0.05) is 23.6 Å².